The first-order chi connectivity index (χ1) is 13.3. The smallest absolute Gasteiger partial charge is 0.232 e. The van der Waals surface area contributed by atoms with Crippen molar-refractivity contribution in [2.75, 3.05) is 13.2 Å². The van der Waals surface area contributed by atoms with Gasteiger partial charge in [-0.05, 0) is 34.4 Å². The fourth-order valence-corrected chi connectivity index (χ4v) is 3.92. The fourth-order valence-electron chi connectivity index (χ4n) is 3.92. The minimum absolute atomic E-state index is 0.00476. The minimum atomic E-state index is -0.283. The third-order valence-electron chi connectivity index (χ3n) is 5.17. The Morgan fingerprint density at radius 1 is 0.852 bits per heavy atom. The van der Waals surface area contributed by atoms with Crippen LogP contribution in [-0.2, 0) is 4.79 Å². The van der Waals surface area contributed by atoms with Gasteiger partial charge in [0.05, 0.1) is 12.5 Å². The topological polar surface area (TPSA) is 47.6 Å². The molecule has 1 heterocycles. The molecule has 0 bridgehead atoms. The van der Waals surface area contributed by atoms with E-state index in [2.05, 4.69) is 17.4 Å². The van der Waals surface area contributed by atoms with Crippen molar-refractivity contribution in [3.8, 4) is 22.6 Å². The predicted octanol–water partition coefficient (Wildman–Crippen LogP) is 3.76. The van der Waals surface area contributed by atoms with Crippen LogP contribution in [-0.4, -0.2) is 25.2 Å². The molecule has 1 aliphatic carbocycles. The second-order valence-corrected chi connectivity index (χ2v) is 6.85. The average molecular weight is 357 g/mol. The Kier molecular flexibility index (Phi) is 3.82. The summed E-state index contributed by atoms with van der Waals surface area (Å²) in [5.41, 5.74) is 4.39. The summed E-state index contributed by atoms with van der Waals surface area (Å²) in [6.07, 6.45) is -0.198. The average Bonchev–Trinajstić information content (AvgIpc) is 3.06. The van der Waals surface area contributed by atoms with E-state index in [1.165, 1.54) is 0 Å². The van der Waals surface area contributed by atoms with Crippen molar-refractivity contribution in [3.05, 3.63) is 83.9 Å². The molecule has 2 aliphatic rings. The summed E-state index contributed by atoms with van der Waals surface area (Å²) in [6.45, 7) is 0.836. The van der Waals surface area contributed by atoms with Gasteiger partial charge in [-0.15, -0.1) is 0 Å². The van der Waals surface area contributed by atoms with Gasteiger partial charge in [0.25, 0.3) is 0 Å². The zero-order valence-corrected chi connectivity index (χ0v) is 14.7. The van der Waals surface area contributed by atoms with Crippen LogP contribution in [0.2, 0.25) is 0 Å². The van der Waals surface area contributed by atoms with Crippen LogP contribution >= 0.6 is 0 Å². The normalized spacial score (nSPS) is 17.1. The maximum absolute atomic E-state index is 13.1. The molecular formula is C23H19NO3. The van der Waals surface area contributed by atoms with E-state index in [-0.39, 0.29) is 17.9 Å². The Balaban J connectivity index is 1.34. The predicted molar refractivity (Wildman–Crippen MR) is 103 cm³/mol. The lowest BCUT2D eigenvalue weighted by molar-refractivity contribution is -0.122. The van der Waals surface area contributed by atoms with E-state index in [1.807, 2.05) is 60.7 Å². The molecule has 1 N–H and O–H groups in total. The Hall–Kier alpha value is -3.27. The van der Waals surface area contributed by atoms with E-state index >= 15 is 0 Å². The molecule has 27 heavy (non-hydrogen) atoms. The molecule has 0 unspecified atom stereocenters. The molecule has 0 saturated carbocycles. The molecule has 4 nitrogen and oxygen atoms in total. The molecule has 5 rings (SSSR count). The number of hydrogen-bond donors (Lipinski definition) is 1. The van der Waals surface area contributed by atoms with Crippen molar-refractivity contribution >= 4 is 5.91 Å². The molecule has 0 spiro atoms. The van der Waals surface area contributed by atoms with Crippen molar-refractivity contribution in [1.82, 2.24) is 5.32 Å². The molecule has 1 aliphatic heterocycles. The summed E-state index contributed by atoms with van der Waals surface area (Å²) in [7, 11) is 0. The van der Waals surface area contributed by atoms with Gasteiger partial charge >= 0.3 is 0 Å². The molecule has 0 aromatic heterocycles. The lowest BCUT2D eigenvalue weighted by Gasteiger charge is -2.27. The van der Waals surface area contributed by atoms with Gasteiger partial charge in [0, 0.05) is 0 Å². The summed E-state index contributed by atoms with van der Waals surface area (Å²) in [6, 6.07) is 23.8. The first-order valence-corrected chi connectivity index (χ1v) is 9.15. The zero-order chi connectivity index (χ0) is 18.2. The number of benzene rings is 3. The fraction of sp³-hybridized carbons (Fsp3) is 0.174. The number of amides is 1. The number of nitrogens with one attached hydrogen (secondary N) is 1. The van der Waals surface area contributed by atoms with Crippen LogP contribution in [0.15, 0.2) is 72.8 Å². The molecule has 0 saturated heterocycles. The van der Waals surface area contributed by atoms with Crippen molar-refractivity contribution in [2.24, 2.45) is 0 Å². The van der Waals surface area contributed by atoms with Crippen LogP contribution in [0.3, 0.4) is 0 Å². The summed E-state index contributed by atoms with van der Waals surface area (Å²) in [5, 5.41) is 3.06. The monoisotopic (exact) mass is 357 g/mol. The Morgan fingerprint density at radius 3 is 2.15 bits per heavy atom. The highest BCUT2D eigenvalue weighted by molar-refractivity contribution is 5.96. The lowest BCUT2D eigenvalue weighted by atomic mass is 9.96. The second kappa shape index (κ2) is 6.47. The van der Waals surface area contributed by atoms with Gasteiger partial charge in [-0.1, -0.05) is 60.7 Å². The largest absolute Gasteiger partial charge is 0.486 e. The highest BCUT2D eigenvalue weighted by Gasteiger charge is 2.33. The van der Waals surface area contributed by atoms with E-state index < -0.39 is 0 Å². The summed E-state index contributed by atoms with van der Waals surface area (Å²) in [5.74, 6) is 1.18. The maximum Gasteiger partial charge on any atom is 0.232 e. The number of carbonyl (C=O) groups excluding carboxylic acids is 1. The van der Waals surface area contributed by atoms with E-state index in [0.29, 0.717) is 13.2 Å². The van der Waals surface area contributed by atoms with Gasteiger partial charge in [-0.3, -0.25) is 4.79 Å². The molecule has 1 atom stereocenters. The first-order valence-electron chi connectivity index (χ1n) is 9.15. The van der Waals surface area contributed by atoms with Crippen LogP contribution in [0.4, 0.5) is 0 Å². The quantitative estimate of drug-likeness (QED) is 0.776. The van der Waals surface area contributed by atoms with Gasteiger partial charge in [0.15, 0.2) is 11.5 Å². The van der Waals surface area contributed by atoms with Crippen LogP contribution < -0.4 is 14.8 Å². The number of fused-ring (bicyclic) bond motifs is 4. The molecule has 4 heteroatoms. The molecule has 134 valence electrons. The van der Waals surface area contributed by atoms with Crippen molar-refractivity contribution in [1.29, 1.82) is 0 Å². The Morgan fingerprint density at radius 2 is 1.44 bits per heavy atom. The van der Waals surface area contributed by atoms with Crippen molar-refractivity contribution in [2.45, 2.75) is 12.0 Å². The number of ether oxygens (including phenoxy) is 2. The van der Waals surface area contributed by atoms with Gasteiger partial charge in [0.2, 0.25) is 5.91 Å². The molecular weight excluding hydrogens is 338 g/mol. The van der Waals surface area contributed by atoms with E-state index in [1.54, 1.807) is 0 Å². The zero-order valence-electron chi connectivity index (χ0n) is 14.7. The van der Waals surface area contributed by atoms with Crippen LogP contribution in [0, 0.1) is 0 Å². The summed E-state index contributed by atoms with van der Waals surface area (Å²) >= 11 is 0. The highest BCUT2D eigenvalue weighted by Crippen LogP contribution is 2.44. The highest BCUT2D eigenvalue weighted by atomic mass is 16.6. The Bertz CT molecular complexity index is 968. The van der Waals surface area contributed by atoms with Crippen molar-refractivity contribution < 1.29 is 14.3 Å². The van der Waals surface area contributed by atoms with Gasteiger partial charge in [-0.25, -0.2) is 0 Å². The number of hydrogen-bond acceptors (Lipinski definition) is 3. The summed E-state index contributed by atoms with van der Waals surface area (Å²) in [4.78, 5) is 13.1. The van der Waals surface area contributed by atoms with Gasteiger partial charge in [-0.2, -0.15) is 0 Å². The minimum Gasteiger partial charge on any atom is -0.486 e. The van der Waals surface area contributed by atoms with Crippen LogP contribution in [0.25, 0.3) is 11.1 Å². The number of rotatable bonds is 3. The number of para-hydroxylation sites is 2. The molecule has 3 aromatic rings. The molecule has 3 aromatic carbocycles. The number of carbonyl (C=O) groups is 1. The SMILES string of the molecule is O=C(NC[C@H]1COc2ccccc2O1)C1c2ccccc2-c2ccccc21. The van der Waals surface area contributed by atoms with E-state index in [4.69, 9.17) is 9.47 Å². The third kappa shape index (κ3) is 2.74. The second-order valence-electron chi connectivity index (χ2n) is 6.85. The lowest BCUT2D eigenvalue weighted by Crippen LogP contribution is -2.42. The van der Waals surface area contributed by atoms with Gasteiger partial charge < -0.3 is 14.8 Å². The molecule has 0 radical (unpaired) electrons. The third-order valence-corrected chi connectivity index (χ3v) is 5.17. The van der Waals surface area contributed by atoms with Crippen LogP contribution in [0.5, 0.6) is 11.5 Å². The first kappa shape index (κ1) is 15.9. The van der Waals surface area contributed by atoms with Crippen molar-refractivity contribution in [3.63, 3.8) is 0 Å². The maximum atomic E-state index is 13.1. The van der Waals surface area contributed by atoms with E-state index in [9.17, 15) is 4.79 Å². The van der Waals surface area contributed by atoms with Gasteiger partial charge in [0.1, 0.15) is 12.7 Å². The summed E-state index contributed by atoms with van der Waals surface area (Å²) < 4.78 is 11.7. The molecule has 1 amide bonds. The van der Waals surface area contributed by atoms with Crippen LogP contribution in [0.1, 0.15) is 17.0 Å². The standard InChI is InChI=1S/C23H19NO3/c25-23(24-13-15-14-26-20-11-5-6-12-21(20)27-15)22-18-9-3-1-7-16(18)17-8-2-4-10-19(17)22/h1-12,15,22H,13-14H2,(H,24,25)/t15-/m0/s1. The molecule has 0 fully saturated rings. The Labute approximate surface area is 157 Å². The van der Waals surface area contributed by atoms with E-state index in [0.717, 1.165) is 33.8 Å².